The SMILES string of the molecule is CCOC1CC(NCCC(=O)NCCOC)C1. The van der Waals surface area contributed by atoms with Crippen molar-refractivity contribution in [2.24, 2.45) is 0 Å². The lowest BCUT2D eigenvalue weighted by atomic mass is 9.89. The molecule has 17 heavy (non-hydrogen) atoms. The van der Waals surface area contributed by atoms with Crippen molar-refractivity contribution in [2.45, 2.75) is 38.3 Å². The predicted octanol–water partition coefficient (Wildman–Crippen LogP) is 0.296. The highest BCUT2D eigenvalue weighted by Gasteiger charge is 2.28. The molecule has 0 unspecified atom stereocenters. The van der Waals surface area contributed by atoms with Crippen LogP contribution in [-0.2, 0) is 14.3 Å². The van der Waals surface area contributed by atoms with E-state index in [9.17, 15) is 4.79 Å². The van der Waals surface area contributed by atoms with E-state index in [1.807, 2.05) is 6.92 Å². The van der Waals surface area contributed by atoms with Crippen LogP contribution >= 0.6 is 0 Å². The molecule has 1 saturated carbocycles. The van der Waals surface area contributed by atoms with E-state index in [1.54, 1.807) is 7.11 Å². The summed E-state index contributed by atoms with van der Waals surface area (Å²) in [5.74, 6) is 0.0789. The summed E-state index contributed by atoms with van der Waals surface area (Å²) < 4.78 is 10.3. The first-order valence-electron chi connectivity index (χ1n) is 6.36. The van der Waals surface area contributed by atoms with Crippen LogP contribution in [0.2, 0.25) is 0 Å². The fourth-order valence-corrected chi connectivity index (χ4v) is 1.87. The van der Waals surface area contributed by atoms with Gasteiger partial charge in [0.1, 0.15) is 0 Å². The van der Waals surface area contributed by atoms with Gasteiger partial charge in [0.2, 0.25) is 5.91 Å². The standard InChI is InChI=1S/C12H24N2O3/c1-3-17-11-8-10(9-11)13-5-4-12(15)14-6-7-16-2/h10-11,13H,3-9H2,1-2H3,(H,14,15). The summed E-state index contributed by atoms with van der Waals surface area (Å²) >= 11 is 0. The highest BCUT2D eigenvalue weighted by Crippen LogP contribution is 2.22. The van der Waals surface area contributed by atoms with E-state index < -0.39 is 0 Å². The zero-order chi connectivity index (χ0) is 12.5. The van der Waals surface area contributed by atoms with Crippen LogP contribution in [0, 0.1) is 0 Å². The van der Waals surface area contributed by atoms with Crippen molar-refractivity contribution in [2.75, 3.05) is 33.4 Å². The van der Waals surface area contributed by atoms with Crippen LogP contribution in [0.3, 0.4) is 0 Å². The van der Waals surface area contributed by atoms with E-state index >= 15 is 0 Å². The molecule has 0 saturated heterocycles. The molecule has 0 aliphatic heterocycles. The van der Waals surface area contributed by atoms with Crippen molar-refractivity contribution in [3.05, 3.63) is 0 Å². The zero-order valence-corrected chi connectivity index (χ0v) is 10.8. The molecule has 5 heteroatoms. The van der Waals surface area contributed by atoms with Gasteiger partial charge in [0, 0.05) is 39.3 Å². The number of ether oxygens (including phenoxy) is 2. The number of carbonyl (C=O) groups is 1. The third-order valence-electron chi connectivity index (χ3n) is 2.91. The fourth-order valence-electron chi connectivity index (χ4n) is 1.87. The molecule has 2 N–H and O–H groups in total. The van der Waals surface area contributed by atoms with Gasteiger partial charge in [-0.3, -0.25) is 4.79 Å². The van der Waals surface area contributed by atoms with Gasteiger partial charge in [-0.1, -0.05) is 0 Å². The van der Waals surface area contributed by atoms with Crippen molar-refractivity contribution in [1.82, 2.24) is 10.6 Å². The molecule has 0 heterocycles. The van der Waals surface area contributed by atoms with E-state index in [-0.39, 0.29) is 5.91 Å². The lowest BCUT2D eigenvalue weighted by molar-refractivity contribution is -0.121. The molecule has 1 aliphatic carbocycles. The second kappa shape index (κ2) is 8.44. The van der Waals surface area contributed by atoms with E-state index in [0.29, 0.717) is 31.7 Å². The fraction of sp³-hybridized carbons (Fsp3) is 0.917. The monoisotopic (exact) mass is 244 g/mol. The normalized spacial score (nSPS) is 23.2. The molecule has 100 valence electrons. The van der Waals surface area contributed by atoms with Crippen molar-refractivity contribution in [3.63, 3.8) is 0 Å². The topological polar surface area (TPSA) is 59.6 Å². The van der Waals surface area contributed by atoms with Gasteiger partial charge in [-0.15, -0.1) is 0 Å². The molecule has 1 aliphatic rings. The lowest BCUT2D eigenvalue weighted by Gasteiger charge is -2.35. The number of methoxy groups -OCH3 is 1. The van der Waals surface area contributed by atoms with Gasteiger partial charge in [0.05, 0.1) is 12.7 Å². The van der Waals surface area contributed by atoms with Crippen LogP contribution in [0.15, 0.2) is 0 Å². The molecule has 1 rings (SSSR count). The Morgan fingerprint density at radius 2 is 2.12 bits per heavy atom. The number of rotatable bonds is 9. The molecule has 0 aromatic heterocycles. The highest BCUT2D eigenvalue weighted by molar-refractivity contribution is 5.76. The molecule has 0 aromatic rings. The first kappa shape index (κ1) is 14.4. The summed E-state index contributed by atoms with van der Waals surface area (Å²) in [6.45, 7) is 4.70. The maximum Gasteiger partial charge on any atom is 0.221 e. The van der Waals surface area contributed by atoms with E-state index in [2.05, 4.69) is 10.6 Å². The Balaban J connectivity index is 1.89. The Morgan fingerprint density at radius 3 is 2.76 bits per heavy atom. The van der Waals surface area contributed by atoms with Gasteiger partial charge < -0.3 is 20.1 Å². The summed E-state index contributed by atoms with van der Waals surface area (Å²) in [7, 11) is 1.62. The Kier molecular flexibility index (Phi) is 7.16. The molecule has 0 radical (unpaired) electrons. The number of hydrogen-bond donors (Lipinski definition) is 2. The third-order valence-corrected chi connectivity index (χ3v) is 2.91. The molecule has 0 bridgehead atoms. The quantitative estimate of drug-likeness (QED) is 0.573. The Morgan fingerprint density at radius 1 is 1.35 bits per heavy atom. The minimum Gasteiger partial charge on any atom is -0.383 e. The van der Waals surface area contributed by atoms with Crippen LogP contribution in [0.5, 0.6) is 0 Å². The summed E-state index contributed by atoms with van der Waals surface area (Å²) in [5, 5.41) is 6.15. The second-order valence-corrected chi connectivity index (χ2v) is 4.29. The van der Waals surface area contributed by atoms with Crippen molar-refractivity contribution >= 4 is 5.91 Å². The van der Waals surface area contributed by atoms with Gasteiger partial charge in [-0.2, -0.15) is 0 Å². The van der Waals surface area contributed by atoms with Crippen LogP contribution in [0.25, 0.3) is 0 Å². The first-order chi connectivity index (χ1) is 8.26. The second-order valence-electron chi connectivity index (χ2n) is 4.29. The summed E-state index contributed by atoms with van der Waals surface area (Å²) in [6, 6.07) is 0.526. The molecular weight excluding hydrogens is 220 g/mol. The predicted molar refractivity (Wildman–Crippen MR) is 65.9 cm³/mol. The van der Waals surface area contributed by atoms with Crippen LogP contribution in [-0.4, -0.2) is 51.5 Å². The van der Waals surface area contributed by atoms with Gasteiger partial charge in [-0.05, 0) is 19.8 Å². The van der Waals surface area contributed by atoms with E-state index in [1.165, 1.54) is 0 Å². The number of nitrogens with one attached hydrogen (secondary N) is 2. The first-order valence-corrected chi connectivity index (χ1v) is 6.36. The molecule has 0 aromatic carbocycles. The number of hydrogen-bond acceptors (Lipinski definition) is 4. The molecular formula is C12H24N2O3. The highest BCUT2D eigenvalue weighted by atomic mass is 16.5. The van der Waals surface area contributed by atoms with Gasteiger partial charge in [0.25, 0.3) is 0 Å². The smallest absolute Gasteiger partial charge is 0.221 e. The molecule has 0 atom stereocenters. The molecule has 1 fully saturated rings. The lowest BCUT2D eigenvalue weighted by Crippen LogP contribution is -2.46. The van der Waals surface area contributed by atoms with E-state index in [4.69, 9.17) is 9.47 Å². The van der Waals surface area contributed by atoms with Gasteiger partial charge in [0.15, 0.2) is 0 Å². The van der Waals surface area contributed by atoms with Gasteiger partial charge >= 0.3 is 0 Å². The van der Waals surface area contributed by atoms with Gasteiger partial charge in [-0.25, -0.2) is 0 Å². The summed E-state index contributed by atoms with van der Waals surface area (Å²) in [6.07, 6.45) is 3.09. The molecule has 1 amide bonds. The van der Waals surface area contributed by atoms with Crippen molar-refractivity contribution < 1.29 is 14.3 Å². The maximum atomic E-state index is 11.3. The number of amides is 1. The van der Waals surface area contributed by atoms with Crippen LogP contribution in [0.1, 0.15) is 26.2 Å². The average molecular weight is 244 g/mol. The Labute approximate surface area is 103 Å². The Hall–Kier alpha value is -0.650. The third kappa shape index (κ3) is 6.00. The minimum absolute atomic E-state index is 0.0789. The average Bonchev–Trinajstić information content (AvgIpc) is 2.26. The summed E-state index contributed by atoms with van der Waals surface area (Å²) in [4.78, 5) is 11.3. The Bertz CT molecular complexity index is 218. The van der Waals surface area contributed by atoms with E-state index in [0.717, 1.165) is 26.0 Å². The van der Waals surface area contributed by atoms with Crippen molar-refractivity contribution in [3.8, 4) is 0 Å². The molecule has 5 nitrogen and oxygen atoms in total. The minimum atomic E-state index is 0.0789. The molecule has 0 spiro atoms. The van der Waals surface area contributed by atoms with Crippen LogP contribution < -0.4 is 10.6 Å². The maximum absolute atomic E-state index is 11.3. The zero-order valence-electron chi connectivity index (χ0n) is 10.8. The number of carbonyl (C=O) groups excluding carboxylic acids is 1. The largest absolute Gasteiger partial charge is 0.383 e. The van der Waals surface area contributed by atoms with Crippen molar-refractivity contribution in [1.29, 1.82) is 0 Å². The van der Waals surface area contributed by atoms with Crippen LogP contribution in [0.4, 0.5) is 0 Å². The summed E-state index contributed by atoms with van der Waals surface area (Å²) in [5.41, 5.74) is 0.